The molecule has 0 atom stereocenters. The number of nitrogens with one attached hydrogen (secondary N) is 1. The maximum Gasteiger partial charge on any atom is 0.220 e. The van der Waals surface area contributed by atoms with Crippen LogP contribution in [0, 0.1) is 5.92 Å². The first-order chi connectivity index (χ1) is 14.1. The first kappa shape index (κ1) is 20.8. The van der Waals surface area contributed by atoms with Gasteiger partial charge in [0.2, 0.25) is 17.5 Å². The SMILES string of the molecule is COc1ccc(CCC(=O)NCc2ccc(OCC3CC3)nc2)c(OC)c1OC. The number of rotatable bonds is 11. The second kappa shape index (κ2) is 10.0. The summed E-state index contributed by atoms with van der Waals surface area (Å²) in [6.45, 7) is 1.17. The van der Waals surface area contributed by atoms with Crippen LogP contribution in [0.15, 0.2) is 30.5 Å². The number of nitrogens with zero attached hydrogens (tertiary/aromatic N) is 1. The van der Waals surface area contributed by atoms with E-state index in [0.717, 1.165) is 17.7 Å². The summed E-state index contributed by atoms with van der Waals surface area (Å²) in [6.07, 6.45) is 5.10. The molecule has 0 unspecified atom stereocenters. The van der Waals surface area contributed by atoms with Crippen LogP contribution < -0.4 is 24.3 Å². The lowest BCUT2D eigenvalue weighted by Crippen LogP contribution is -2.23. The van der Waals surface area contributed by atoms with Gasteiger partial charge in [0.05, 0.1) is 27.9 Å². The molecule has 1 saturated carbocycles. The lowest BCUT2D eigenvalue weighted by atomic mass is 10.1. The third-order valence-corrected chi connectivity index (χ3v) is 4.86. The van der Waals surface area contributed by atoms with E-state index < -0.39 is 0 Å². The van der Waals surface area contributed by atoms with Crippen molar-refractivity contribution in [2.75, 3.05) is 27.9 Å². The number of hydrogen-bond donors (Lipinski definition) is 1. The quantitative estimate of drug-likeness (QED) is 0.624. The summed E-state index contributed by atoms with van der Waals surface area (Å²) in [5.41, 5.74) is 1.82. The highest BCUT2D eigenvalue weighted by Crippen LogP contribution is 2.40. The number of carbonyl (C=O) groups excluding carboxylic acids is 1. The number of aryl methyl sites for hydroxylation is 1. The highest BCUT2D eigenvalue weighted by Gasteiger charge is 2.22. The van der Waals surface area contributed by atoms with Gasteiger partial charge in [-0.3, -0.25) is 4.79 Å². The van der Waals surface area contributed by atoms with Gasteiger partial charge in [-0.25, -0.2) is 4.98 Å². The molecule has 156 valence electrons. The molecule has 7 heteroatoms. The maximum absolute atomic E-state index is 12.3. The molecule has 0 saturated heterocycles. The minimum atomic E-state index is -0.0455. The van der Waals surface area contributed by atoms with Crippen molar-refractivity contribution >= 4 is 5.91 Å². The third kappa shape index (κ3) is 5.76. The van der Waals surface area contributed by atoms with Gasteiger partial charge in [0, 0.05) is 25.2 Å². The van der Waals surface area contributed by atoms with Gasteiger partial charge in [0.25, 0.3) is 0 Å². The summed E-state index contributed by atoms with van der Waals surface area (Å²) in [5, 5.41) is 2.92. The van der Waals surface area contributed by atoms with Crippen molar-refractivity contribution in [2.24, 2.45) is 5.92 Å². The topological polar surface area (TPSA) is 78.9 Å². The zero-order valence-electron chi connectivity index (χ0n) is 17.2. The lowest BCUT2D eigenvalue weighted by Gasteiger charge is -2.15. The molecule has 2 aromatic rings. The Labute approximate surface area is 171 Å². The number of hydrogen-bond acceptors (Lipinski definition) is 6. The van der Waals surface area contributed by atoms with Crippen LogP contribution in [0.25, 0.3) is 0 Å². The molecule has 0 bridgehead atoms. The van der Waals surface area contributed by atoms with E-state index in [1.54, 1.807) is 27.5 Å². The van der Waals surface area contributed by atoms with E-state index in [4.69, 9.17) is 18.9 Å². The molecule has 1 aromatic heterocycles. The summed E-state index contributed by atoms with van der Waals surface area (Å²) in [5.74, 6) is 2.99. The predicted molar refractivity (Wildman–Crippen MR) is 109 cm³/mol. The molecule has 0 aliphatic heterocycles. The summed E-state index contributed by atoms with van der Waals surface area (Å²) in [6, 6.07) is 7.47. The molecule has 1 N–H and O–H groups in total. The van der Waals surface area contributed by atoms with E-state index in [0.29, 0.717) is 48.4 Å². The van der Waals surface area contributed by atoms with Gasteiger partial charge in [-0.1, -0.05) is 12.1 Å². The molecule has 1 aliphatic carbocycles. The normalized spacial score (nSPS) is 12.9. The fourth-order valence-corrected chi connectivity index (χ4v) is 2.99. The molecule has 1 aromatic carbocycles. The standard InChI is InChI=1S/C22H28N2O5/c1-26-18-9-7-17(21(27-2)22(18)28-3)8-10-19(25)23-12-16-6-11-20(24-13-16)29-14-15-4-5-15/h6-7,9,11,13,15H,4-5,8,10,12,14H2,1-3H3,(H,23,25). The summed E-state index contributed by atoms with van der Waals surface area (Å²) in [7, 11) is 4.71. The fraction of sp³-hybridized carbons (Fsp3) is 0.455. The van der Waals surface area contributed by atoms with Crippen LogP contribution in [0.2, 0.25) is 0 Å². The third-order valence-electron chi connectivity index (χ3n) is 4.86. The molecule has 1 heterocycles. The number of pyridine rings is 1. The second-order valence-corrected chi connectivity index (χ2v) is 7.03. The van der Waals surface area contributed by atoms with Crippen LogP contribution in [-0.2, 0) is 17.8 Å². The van der Waals surface area contributed by atoms with Gasteiger partial charge in [-0.2, -0.15) is 0 Å². The molecule has 3 rings (SSSR count). The van der Waals surface area contributed by atoms with Crippen LogP contribution in [0.3, 0.4) is 0 Å². The van der Waals surface area contributed by atoms with Gasteiger partial charge in [-0.05, 0) is 42.4 Å². The van der Waals surface area contributed by atoms with E-state index in [2.05, 4.69) is 10.3 Å². The van der Waals surface area contributed by atoms with Gasteiger partial charge < -0.3 is 24.3 Å². The zero-order valence-corrected chi connectivity index (χ0v) is 17.2. The van der Waals surface area contributed by atoms with Gasteiger partial charge in [0.1, 0.15) is 0 Å². The Morgan fingerprint density at radius 1 is 1.07 bits per heavy atom. The molecule has 0 spiro atoms. The Bertz CT molecular complexity index is 819. The smallest absolute Gasteiger partial charge is 0.220 e. The van der Waals surface area contributed by atoms with E-state index in [9.17, 15) is 4.79 Å². The Morgan fingerprint density at radius 3 is 2.48 bits per heavy atom. The minimum absolute atomic E-state index is 0.0455. The minimum Gasteiger partial charge on any atom is -0.493 e. The van der Waals surface area contributed by atoms with Crippen molar-refractivity contribution in [3.05, 3.63) is 41.6 Å². The van der Waals surface area contributed by atoms with Gasteiger partial charge in [-0.15, -0.1) is 0 Å². The van der Waals surface area contributed by atoms with Gasteiger partial charge >= 0.3 is 0 Å². The molecular formula is C22H28N2O5. The van der Waals surface area contributed by atoms with Crippen molar-refractivity contribution in [3.8, 4) is 23.1 Å². The molecule has 0 radical (unpaired) electrons. The number of methoxy groups -OCH3 is 3. The van der Waals surface area contributed by atoms with E-state index >= 15 is 0 Å². The van der Waals surface area contributed by atoms with Crippen molar-refractivity contribution in [1.29, 1.82) is 0 Å². The summed E-state index contributed by atoms with van der Waals surface area (Å²) < 4.78 is 21.8. The monoisotopic (exact) mass is 400 g/mol. The lowest BCUT2D eigenvalue weighted by molar-refractivity contribution is -0.121. The molecular weight excluding hydrogens is 372 g/mol. The number of aromatic nitrogens is 1. The van der Waals surface area contributed by atoms with Crippen LogP contribution in [0.5, 0.6) is 23.1 Å². The van der Waals surface area contributed by atoms with Crippen molar-refractivity contribution in [1.82, 2.24) is 10.3 Å². The fourth-order valence-electron chi connectivity index (χ4n) is 2.99. The largest absolute Gasteiger partial charge is 0.493 e. The number of carbonyl (C=O) groups is 1. The molecule has 1 amide bonds. The zero-order chi connectivity index (χ0) is 20.6. The van der Waals surface area contributed by atoms with Crippen molar-refractivity contribution in [2.45, 2.75) is 32.2 Å². The number of ether oxygens (including phenoxy) is 4. The van der Waals surface area contributed by atoms with Crippen LogP contribution in [-0.4, -0.2) is 38.8 Å². The van der Waals surface area contributed by atoms with Crippen LogP contribution in [0.1, 0.15) is 30.4 Å². The maximum atomic E-state index is 12.3. The molecule has 29 heavy (non-hydrogen) atoms. The molecule has 1 aliphatic rings. The van der Waals surface area contributed by atoms with E-state index in [1.807, 2.05) is 24.3 Å². The summed E-state index contributed by atoms with van der Waals surface area (Å²) >= 11 is 0. The summed E-state index contributed by atoms with van der Waals surface area (Å²) in [4.78, 5) is 16.6. The highest BCUT2D eigenvalue weighted by atomic mass is 16.5. The van der Waals surface area contributed by atoms with E-state index in [-0.39, 0.29) is 5.91 Å². The Morgan fingerprint density at radius 2 is 1.86 bits per heavy atom. The van der Waals surface area contributed by atoms with Crippen LogP contribution in [0.4, 0.5) is 0 Å². The van der Waals surface area contributed by atoms with Crippen molar-refractivity contribution in [3.63, 3.8) is 0 Å². The average Bonchev–Trinajstić information content (AvgIpc) is 3.59. The first-order valence-corrected chi connectivity index (χ1v) is 9.76. The average molecular weight is 400 g/mol. The predicted octanol–water partition coefficient (Wildman–Crippen LogP) is 3.15. The Kier molecular flexibility index (Phi) is 7.16. The van der Waals surface area contributed by atoms with Gasteiger partial charge in [0.15, 0.2) is 11.5 Å². The number of benzene rings is 1. The van der Waals surface area contributed by atoms with Crippen LogP contribution >= 0.6 is 0 Å². The highest BCUT2D eigenvalue weighted by molar-refractivity contribution is 5.76. The Balaban J connectivity index is 1.48. The molecule has 7 nitrogen and oxygen atoms in total. The Hall–Kier alpha value is -2.96. The number of amides is 1. The van der Waals surface area contributed by atoms with Crippen molar-refractivity contribution < 1.29 is 23.7 Å². The van der Waals surface area contributed by atoms with E-state index in [1.165, 1.54) is 12.8 Å². The second-order valence-electron chi connectivity index (χ2n) is 7.03. The first-order valence-electron chi connectivity index (χ1n) is 9.76. The molecule has 1 fully saturated rings.